The van der Waals surface area contributed by atoms with Gasteiger partial charge in [0.1, 0.15) is 11.5 Å². The standard InChI is InChI=1S/C30H25FN2O3/c31-24-15-13-20(14-16-24)19-9-11-22(12-10-19)27-28(26-8-2-5-21-4-1-7-25(21)26)36-30(32-27)33-17-3-6-23(18-33)29(34)35/h1-2,5,7-16,23H,3-4,6,17-18H2,(H,34,35). The fraction of sp³-hybridized carbons (Fsp3) is 0.200. The zero-order valence-electron chi connectivity index (χ0n) is 19.7. The van der Waals surface area contributed by atoms with Crippen LogP contribution in [0.25, 0.3) is 39.8 Å². The molecule has 0 spiro atoms. The number of allylic oxidation sites excluding steroid dienone is 1. The predicted molar refractivity (Wildman–Crippen MR) is 138 cm³/mol. The van der Waals surface area contributed by atoms with Crippen molar-refractivity contribution in [2.45, 2.75) is 19.3 Å². The Labute approximate surface area is 208 Å². The van der Waals surface area contributed by atoms with Crippen LogP contribution in [0.15, 0.2) is 77.2 Å². The van der Waals surface area contributed by atoms with Crippen molar-refractivity contribution in [3.63, 3.8) is 0 Å². The highest BCUT2D eigenvalue weighted by atomic mass is 19.1. The molecule has 0 bridgehead atoms. The second-order valence-electron chi connectivity index (χ2n) is 9.37. The Bertz CT molecular complexity index is 1450. The topological polar surface area (TPSA) is 66.6 Å². The average molecular weight is 481 g/mol. The Morgan fingerprint density at radius 2 is 1.72 bits per heavy atom. The lowest BCUT2D eigenvalue weighted by Gasteiger charge is -2.29. The first-order valence-electron chi connectivity index (χ1n) is 12.2. The quantitative estimate of drug-likeness (QED) is 0.345. The number of anilines is 1. The van der Waals surface area contributed by atoms with Gasteiger partial charge in [-0.25, -0.2) is 4.39 Å². The van der Waals surface area contributed by atoms with Crippen molar-refractivity contribution in [3.05, 3.63) is 89.8 Å². The first-order chi connectivity index (χ1) is 17.6. The summed E-state index contributed by atoms with van der Waals surface area (Å²) in [5, 5.41) is 9.55. The van der Waals surface area contributed by atoms with Crippen LogP contribution in [0.3, 0.4) is 0 Å². The predicted octanol–water partition coefficient (Wildman–Crippen LogP) is 6.69. The highest BCUT2D eigenvalue weighted by molar-refractivity contribution is 5.86. The Morgan fingerprint density at radius 1 is 1.00 bits per heavy atom. The zero-order valence-corrected chi connectivity index (χ0v) is 19.7. The SMILES string of the molecule is O=C(O)C1CCCN(c2nc(-c3ccc(-c4ccc(F)cc4)cc3)c(-c3cccc4c3C=CC4)o2)C1. The Kier molecular flexibility index (Phi) is 5.64. The average Bonchev–Trinajstić information content (AvgIpc) is 3.57. The lowest BCUT2D eigenvalue weighted by Crippen LogP contribution is -2.38. The van der Waals surface area contributed by atoms with Crippen molar-refractivity contribution in [3.8, 4) is 33.7 Å². The smallest absolute Gasteiger partial charge is 0.308 e. The van der Waals surface area contributed by atoms with Crippen LogP contribution in [0, 0.1) is 11.7 Å². The fourth-order valence-corrected chi connectivity index (χ4v) is 5.13. The van der Waals surface area contributed by atoms with Crippen LogP contribution >= 0.6 is 0 Å². The Hall–Kier alpha value is -4.19. The van der Waals surface area contributed by atoms with E-state index >= 15 is 0 Å². The number of hydrogen-bond donors (Lipinski definition) is 1. The van der Waals surface area contributed by atoms with Gasteiger partial charge in [-0.05, 0) is 53.6 Å². The number of aliphatic carboxylic acids is 1. The number of carbonyl (C=O) groups is 1. The van der Waals surface area contributed by atoms with Crippen molar-refractivity contribution in [2.75, 3.05) is 18.0 Å². The van der Waals surface area contributed by atoms with Gasteiger partial charge in [0, 0.05) is 24.2 Å². The minimum Gasteiger partial charge on any atom is -0.481 e. The van der Waals surface area contributed by atoms with Gasteiger partial charge in [-0.15, -0.1) is 0 Å². The number of carboxylic acid groups (broad SMARTS) is 1. The van der Waals surface area contributed by atoms with Crippen LogP contribution in [0.5, 0.6) is 0 Å². The molecular weight excluding hydrogens is 455 g/mol. The van der Waals surface area contributed by atoms with Crippen LogP contribution in [0.2, 0.25) is 0 Å². The molecule has 0 radical (unpaired) electrons. The fourth-order valence-electron chi connectivity index (χ4n) is 5.13. The van der Waals surface area contributed by atoms with Gasteiger partial charge >= 0.3 is 5.97 Å². The van der Waals surface area contributed by atoms with Crippen LogP contribution in [-0.2, 0) is 11.2 Å². The highest BCUT2D eigenvalue weighted by Crippen LogP contribution is 2.40. The molecule has 180 valence electrons. The van der Waals surface area contributed by atoms with E-state index in [1.165, 1.54) is 17.7 Å². The van der Waals surface area contributed by atoms with Crippen LogP contribution in [0.4, 0.5) is 10.4 Å². The van der Waals surface area contributed by atoms with Gasteiger partial charge in [0.2, 0.25) is 0 Å². The summed E-state index contributed by atoms with van der Waals surface area (Å²) in [6.45, 7) is 1.09. The number of fused-ring (bicyclic) bond motifs is 1. The molecule has 1 aromatic heterocycles. The van der Waals surface area contributed by atoms with Crippen LogP contribution < -0.4 is 4.90 Å². The van der Waals surface area contributed by atoms with Gasteiger partial charge in [0.05, 0.1) is 5.92 Å². The van der Waals surface area contributed by atoms with Crippen molar-refractivity contribution < 1.29 is 18.7 Å². The number of nitrogens with zero attached hydrogens (tertiary/aromatic N) is 2. The third-order valence-electron chi connectivity index (χ3n) is 7.06. The maximum Gasteiger partial charge on any atom is 0.308 e. The third kappa shape index (κ3) is 4.09. The van der Waals surface area contributed by atoms with E-state index in [0.717, 1.165) is 46.4 Å². The lowest BCUT2D eigenvalue weighted by molar-refractivity contribution is -0.141. The second-order valence-corrected chi connectivity index (χ2v) is 9.37. The molecule has 0 amide bonds. The zero-order chi connectivity index (χ0) is 24.6. The van der Waals surface area contributed by atoms with E-state index < -0.39 is 11.9 Å². The molecule has 1 fully saturated rings. The van der Waals surface area contributed by atoms with Crippen molar-refractivity contribution in [2.24, 2.45) is 5.92 Å². The van der Waals surface area contributed by atoms with E-state index in [0.29, 0.717) is 31.3 Å². The monoisotopic (exact) mass is 480 g/mol. The number of halogens is 1. The van der Waals surface area contributed by atoms with E-state index in [1.807, 2.05) is 41.3 Å². The lowest BCUT2D eigenvalue weighted by atomic mass is 9.97. The van der Waals surface area contributed by atoms with Crippen molar-refractivity contribution in [1.82, 2.24) is 4.98 Å². The van der Waals surface area contributed by atoms with Gasteiger partial charge in [-0.3, -0.25) is 4.79 Å². The summed E-state index contributed by atoms with van der Waals surface area (Å²) in [4.78, 5) is 18.5. The van der Waals surface area contributed by atoms with E-state index in [2.05, 4.69) is 18.2 Å². The summed E-state index contributed by atoms with van der Waals surface area (Å²) >= 11 is 0. The molecule has 0 saturated carbocycles. The molecule has 1 atom stereocenters. The number of hydrogen-bond acceptors (Lipinski definition) is 4. The van der Waals surface area contributed by atoms with Crippen molar-refractivity contribution in [1.29, 1.82) is 0 Å². The van der Waals surface area contributed by atoms with Gasteiger partial charge in [0.15, 0.2) is 5.76 Å². The van der Waals surface area contributed by atoms with Crippen molar-refractivity contribution >= 4 is 18.1 Å². The molecule has 1 N–H and O–H groups in total. The summed E-state index contributed by atoms with van der Waals surface area (Å²) in [6.07, 6.45) is 6.59. The minimum absolute atomic E-state index is 0.262. The number of carboxylic acids is 1. The summed E-state index contributed by atoms with van der Waals surface area (Å²) in [5.74, 6) is -0.798. The maximum atomic E-state index is 13.4. The largest absolute Gasteiger partial charge is 0.481 e. The van der Waals surface area contributed by atoms with Gasteiger partial charge < -0.3 is 14.4 Å². The van der Waals surface area contributed by atoms with E-state index in [1.54, 1.807) is 12.1 Å². The summed E-state index contributed by atoms with van der Waals surface area (Å²) in [6, 6.07) is 21.1. The van der Waals surface area contributed by atoms with E-state index in [-0.39, 0.29) is 5.82 Å². The molecule has 5 nitrogen and oxygen atoms in total. The Morgan fingerprint density at radius 3 is 2.47 bits per heavy atom. The van der Waals surface area contributed by atoms with E-state index in [9.17, 15) is 14.3 Å². The molecular formula is C30H25FN2O3. The van der Waals surface area contributed by atoms with Gasteiger partial charge in [0.25, 0.3) is 6.01 Å². The number of piperidine rings is 1. The number of aromatic nitrogens is 1. The molecule has 2 aliphatic rings. The summed E-state index contributed by atoms with van der Waals surface area (Å²) in [5.41, 5.74) is 6.89. The molecule has 6 heteroatoms. The Balaban J connectivity index is 1.42. The molecule has 1 aliphatic carbocycles. The molecule has 1 unspecified atom stereocenters. The van der Waals surface area contributed by atoms with Crippen LogP contribution in [0.1, 0.15) is 24.0 Å². The first-order valence-corrected chi connectivity index (χ1v) is 12.2. The van der Waals surface area contributed by atoms with E-state index in [4.69, 9.17) is 9.40 Å². The number of rotatable bonds is 5. The van der Waals surface area contributed by atoms with Gasteiger partial charge in [-0.2, -0.15) is 4.98 Å². The highest BCUT2D eigenvalue weighted by Gasteiger charge is 2.30. The van der Waals surface area contributed by atoms with Gasteiger partial charge in [-0.1, -0.05) is 66.7 Å². The second kappa shape index (κ2) is 9.11. The van der Waals surface area contributed by atoms with Crippen LogP contribution in [-0.4, -0.2) is 29.1 Å². The maximum absolute atomic E-state index is 13.4. The third-order valence-corrected chi connectivity index (χ3v) is 7.06. The molecule has 2 heterocycles. The summed E-state index contributed by atoms with van der Waals surface area (Å²) < 4.78 is 19.8. The molecule has 4 aromatic rings. The first kappa shape index (κ1) is 22.3. The minimum atomic E-state index is -0.783. The molecule has 6 rings (SSSR count). The molecule has 1 saturated heterocycles. The number of benzene rings is 3. The summed E-state index contributed by atoms with van der Waals surface area (Å²) in [7, 11) is 0. The number of oxazole rings is 1. The molecule has 36 heavy (non-hydrogen) atoms. The molecule has 1 aliphatic heterocycles. The normalized spacial score (nSPS) is 16.8. The molecule has 3 aromatic carbocycles.